The predicted molar refractivity (Wildman–Crippen MR) is 121 cm³/mol. The Bertz CT molecular complexity index is 997. The molecule has 0 atom stereocenters. The van der Waals surface area contributed by atoms with Crippen LogP contribution in [0.3, 0.4) is 0 Å². The van der Waals surface area contributed by atoms with Gasteiger partial charge in [-0.2, -0.15) is 16.9 Å². The maximum atomic E-state index is 4.91. The summed E-state index contributed by atoms with van der Waals surface area (Å²) in [6, 6.07) is 18.4. The number of azo groups is 1. The third kappa shape index (κ3) is 4.82. The zero-order valence-electron chi connectivity index (χ0n) is 16.9. The molecule has 6 heteroatoms. The molecule has 5 nitrogen and oxygen atoms in total. The number of rotatable bonds is 5. The van der Waals surface area contributed by atoms with Crippen LogP contribution in [0.15, 0.2) is 64.8 Å². The molecule has 0 bridgehead atoms. The summed E-state index contributed by atoms with van der Waals surface area (Å²) in [4.78, 5) is 12.0. The highest BCUT2D eigenvalue weighted by Gasteiger charge is 2.19. The summed E-state index contributed by atoms with van der Waals surface area (Å²) in [7, 11) is 0. The molecule has 1 aliphatic heterocycles. The molecule has 1 fully saturated rings. The van der Waals surface area contributed by atoms with Crippen molar-refractivity contribution in [3.63, 3.8) is 0 Å². The lowest BCUT2D eigenvalue weighted by atomic mass is 10.1. The minimum Gasteiger partial charge on any atom is -0.355 e. The van der Waals surface area contributed by atoms with E-state index < -0.39 is 0 Å². The van der Waals surface area contributed by atoms with E-state index in [-0.39, 0.29) is 0 Å². The molecule has 29 heavy (non-hydrogen) atoms. The van der Waals surface area contributed by atoms with E-state index in [4.69, 9.17) is 9.97 Å². The molecule has 0 saturated carbocycles. The summed E-state index contributed by atoms with van der Waals surface area (Å²) >= 11 is 1.99. The molecule has 0 spiro atoms. The second kappa shape index (κ2) is 9.18. The van der Waals surface area contributed by atoms with Gasteiger partial charge in [-0.1, -0.05) is 60.2 Å². The molecule has 3 aromatic rings. The normalized spacial score (nSPS) is 14.5. The molecular weight excluding hydrogens is 378 g/mol. The molecule has 0 amide bonds. The lowest BCUT2D eigenvalue weighted by Crippen LogP contribution is -2.33. The molecule has 0 unspecified atom stereocenters. The van der Waals surface area contributed by atoms with E-state index in [0.717, 1.165) is 47.1 Å². The lowest BCUT2D eigenvalue weighted by Gasteiger charge is -2.29. The van der Waals surface area contributed by atoms with Crippen LogP contribution in [0.25, 0.3) is 11.4 Å². The van der Waals surface area contributed by atoms with E-state index in [1.54, 1.807) is 0 Å². The zero-order chi connectivity index (χ0) is 20.1. The van der Waals surface area contributed by atoms with Crippen LogP contribution in [0, 0.1) is 13.8 Å². The first-order valence-corrected chi connectivity index (χ1v) is 11.1. The topological polar surface area (TPSA) is 53.7 Å². The molecule has 2 aromatic carbocycles. The quantitative estimate of drug-likeness (QED) is 0.521. The van der Waals surface area contributed by atoms with Gasteiger partial charge in [-0.05, 0) is 19.4 Å². The highest BCUT2D eigenvalue weighted by atomic mass is 32.2. The first-order valence-electron chi connectivity index (χ1n) is 9.90. The van der Waals surface area contributed by atoms with Crippen molar-refractivity contribution in [1.82, 2.24) is 9.97 Å². The Morgan fingerprint density at radius 1 is 0.966 bits per heavy atom. The Hall–Kier alpha value is -2.73. The number of hydrogen-bond donors (Lipinski definition) is 0. The Morgan fingerprint density at radius 3 is 2.52 bits per heavy atom. The van der Waals surface area contributed by atoms with Gasteiger partial charge in [0.15, 0.2) is 11.6 Å². The van der Waals surface area contributed by atoms with E-state index in [0.29, 0.717) is 18.2 Å². The Morgan fingerprint density at radius 2 is 1.76 bits per heavy atom. The SMILES string of the molecule is Cc1cccc(CN=Nc2nc(-c3ccccc3)nc(N3CCSCC3)c2C)c1. The fraction of sp³-hybridized carbons (Fsp3) is 0.304. The van der Waals surface area contributed by atoms with Crippen LogP contribution in [-0.4, -0.2) is 34.6 Å². The molecule has 1 aliphatic rings. The maximum absolute atomic E-state index is 4.91. The maximum Gasteiger partial charge on any atom is 0.182 e. The van der Waals surface area contributed by atoms with Crippen LogP contribution >= 0.6 is 11.8 Å². The van der Waals surface area contributed by atoms with Gasteiger partial charge >= 0.3 is 0 Å². The summed E-state index contributed by atoms with van der Waals surface area (Å²) in [6.07, 6.45) is 0. The summed E-state index contributed by atoms with van der Waals surface area (Å²) in [6.45, 7) is 6.67. The van der Waals surface area contributed by atoms with Gasteiger partial charge < -0.3 is 4.90 Å². The average Bonchev–Trinajstić information content (AvgIpc) is 2.76. The number of hydrogen-bond acceptors (Lipinski definition) is 6. The molecule has 0 aliphatic carbocycles. The van der Waals surface area contributed by atoms with Crippen molar-refractivity contribution >= 4 is 23.4 Å². The highest BCUT2D eigenvalue weighted by molar-refractivity contribution is 7.99. The van der Waals surface area contributed by atoms with E-state index in [1.165, 1.54) is 5.56 Å². The molecule has 148 valence electrons. The number of aromatic nitrogens is 2. The fourth-order valence-electron chi connectivity index (χ4n) is 3.38. The number of thioether (sulfide) groups is 1. The van der Waals surface area contributed by atoms with Crippen LogP contribution in [0.1, 0.15) is 16.7 Å². The number of anilines is 1. The summed E-state index contributed by atoms with van der Waals surface area (Å²) in [5.74, 6) is 4.57. The molecule has 4 rings (SSSR count). The van der Waals surface area contributed by atoms with Crippen LogP contribution < -0.4 is 4.90 Å². The van der Waals surface area contributed by atoms with Gasteiger partial charge in [-0.15, -0.1) is 5.11 Å². The van der Waals surface area contributed by atoms with E-state index in [9.17, 15) is 0 Å². The minimum absolute atomic E-state index is 0.543. The van der Waals surface area contributed by atoms with Crippen molar-refractivity contribution in [2.24, 2.45) is 10.2 Å². The largest absolute Gasteiger partial charge is 0.355 e. The van der Waals surface area contributed by atoms with Crippen LogP contribution in [-0.2, 0) is 6.54 Å². The van der Waals surface area contributed by atoms with Gasteiger partial charge in [-0.3, -0.25) is 0 Å². The minimum atomic E-state index is 0.543. The van der Waals surface area contributed by atoms with Crippen molar-refractivity contribution in [3.8, 4) is 11.4 Å². The van der Waals surface area contributed by atoms with Gasteiger partial charge in [0, 0.05) is 35.7 Å². The summed E-state index contributed by atoms with van der Waals surface area (Å²) < 4.78 is 0. The van der Waals surface area contributed by atoms with Gasteiger partial charge in [0.1, 0.15) is 5.82 Å². The molecule has 0 N–H and O–H groups in total. The number of benzene rings is 2. The van der Waals surface area contributed by atoms with Crippen molar-refractivity contribution in [3.05, 3.63) is 71.3 Å². The van der Waals surface area contributed by atoms with Crippen molar-refractivity contribution in [2.45, 2.75) is 20.4 Å². The van der Waals surface area contributed by atoms with Crippen molar-refractivity contribution < 1.29 is 0 Å². The molecular formula is C23H25N5S. The molecule has 1 saturated heterocycles. The summed E-state index contributed by atoms with van der Waals surface area (Å²) in [5.41, 5.74) is 4.37. The van der Waals surface area contributed by atoms with Crippen LogP contribution in [0.2, 0.25) is 0 Å². The fourth-order valence-corrected chi connectivity index (χ4v) is 4.29. The Balaban J connectivity index is 1.68. The number of nitrogens with zero attached hydrogens (tertiary/aromatic N) is 5. The first-order chi connectivity index (χ1) is 14.2. The van der Waals surface area contributed by atoms with Crippen LogP contribution in [0.5, 0.6) is 0 Å². The monoisotopic (exact) mass is 403 g/mol. The Kier molecular flexibility index (Phi) is 6.20. The van der Waals surface area contributed by atoms with Crippen molar-refractivity contribution in [1.29, 1.82) is 0 Å². The lowest BCUT2D eigenvalue weighted by molar-refractivity contribution is 0.827. The Labute approximate surface area is 176 Å². The van der Waals surface area contributed by atoms with Crippen LogP contribution in [0.4, 0.5) is 11.6 Å². The highest BCUT2D eigenvalue weighted by Crippen LogP contribution is 2.31. The van der Waals surface area contributed by atoms with Crippen molar-refractivity contribution in [2.75, 3.05) is 29.5 Å². The van der Waals surface area contributed by atoms with E-state index in [2.05, 4.69) is 46.3 Å². The standard InChI is InChI=1S/C23H25N5S/c1-17-7-6-8-19(15-17)16-24-27-21-18(2)23(28-11-13-29-14-12-28)26-22(25-21)20-9-4-3-5-10-20/h3-10,15H,11-14,16H2,1-2H3. The molecule has 1 aromatic heterocycles. The summed E-state index contributed by atoms with van der Waals surface area (Å²) in [5, 5.41) is 8.96. The van der Waals surface area contributed by atoms with Gasteiger partial charge in [0.05, 0.1) is 6.54 Å². The smallest absolute Gasteiger partial charge is 0.182 e. The van der Waals surface area contributed by atoms with Gasteiger partial charge in [-0.25, -0.2) is 9.97 Å². The second-order valence-corrected chi connectivity index (χ2v) is 8.40. The van der Waals surface area contributed by atoms with Gasteiger partial charge in [0.25, 0.3) is 0 Å². The molecule has 0 radical (unpaired) electrons. The third-order valence-corrected chi connectivity index (χ3v) is 5.88. The average molecular weight is 404 g/mol. The first kappa shape index (κ1) is 19.6. The van der Waals surface area contributed by atoms with Gasteiger partial charge in [0.2, 0.25) is 0 Å². The number of aryl methyl sites for hydroxylation is 1. The predicted octanol–water partition coefficient (Wildman–Crippen LogP) is 5.60. The molecule has 2 heterocycles. The van der Waals surface area contributed by atoms with E-state index >= 15 is 0 Å². The zero-order valence-corrected chi connectivity index (χ0v) is 17.7. The van der Waals surface area contributed by atoms with E-state index in [1.807, 2.05) is 49.0 Å². The third-order valence-electron chi connectivity index (χ3n) is 4.94. The second-order valence-electron chi connectivity index (χ2n) is 7.17.